The Balaban J connectivity index is 1.72. The summed E-state index contributed by atoms with van der Waals surface area (Å²) >= 11 is 8.37. The lowest BCUT2D eigenvalue weighted by molar-refractivity contribution is -0.139. The van der Waals surface area contributed by atoms with Crippen LogP contribution in [0.25, 0.3) is 0 Å². The van der Waals surface area contributed by atoms with Gasteiger partial charge in [-0.1, -0.05) is 58.5 Å². The second-order valence-corrected chi connectivity index (χ2v) is 10.4. The average molecular weight is 610 g/mol. The SMILES string of the molecule is CC1=C(C(=O)O)[C@H](c2ccc(Cl)cc2)C(Cc2ccc(OCCI)cc2)C(=O)N1C[C@H]1CCCO1. The summed E-state index contributed by atoms with van der Waals surface area (Å²) in [5, 5.41) is 10.9. The van der Waals surface area contributed by atoms with E-state index in [4.69, 9.17) is 21.1 Å². The molecule has 0 radical (unpaired) electrons. The maximum absolute atomic E-state index is 13.9. The first-order chi connectivity index (χ1) is 16.9. The number of benzene rings is 2. The van der Waals surface area contributed by atoms with E-state index in [1.807, 2.05) is 36.4 Å². The van der Waals surface area contributed by atoms with E-state index in [-0.39, 0.29) is 17.6 Å². The molecule has 3 atom stereocenters. The van der Waals surface area contributed by atoms with Crippen LogP contribution in [0.1, 0.15) is 36.8 Å². The van der Waals surface area contributed by atoms with E-state index in [0.29, 0.717) is 36.9 Å². The van der Waals surface area contributed by atoms with E-state index in [1.165, 1.54) is 0 Å². The summed E-state index contributed by atoms with van der Waals surface area (Å²) in [6.07, 6.45) is 2.14. The predicted octanol–water partition coefficient (Wildman–Crippen LogP) is 5.48. The van der Waals surface area contributed by atoms with E-state index < -0.39 is 17.8 Å². The molecule has 35 heavy (non-hydrogen) atoms. The molecule has 2 aromatic carbocycles. The van der Waals surface area contributed by atoms with Crippen LogP contribution in [-0.2, 0) is 20.7 Å². The third kappa shape index (κ3) is 6.01. The van der Waals surface area contributed by atoms with Crippen molar-refractivity contribution in [3.05, 3.63) is 76.0 Å². The summed E-state index contributed by atoms with van der Waals surface area (Å²) in [6.45, 7) is 3.40. The Morgan fingerprint density at radius 1 is 1.20 bits per heavy atom. The van der Waals surface area contributed by atoms with Gasteiger partial charge in [0.25, 0.3) is 0 Å². The Labute approximate surface area is 224 Å². The molecule has 1 saturated heterocycles. The van der Waals surface area contributed by atoms with Crippen LogP contribution in [-0.4, -0.2) is 52.2 Å². The van der Waals surface area contributed by atoms with Crippen molar-refractivity contribution in [3.63, 3.8) is 0 Å². The molecule has 1 fully saturated rings. The average Bonchev–Trinajstić information content (AvgIpc) is 3.36. The Kier molecular flexibility index (Phi) is 8.73. The molecule has 4 rings (SSSR count). The van der Waals surface area contributed by atoms with E-state index in [9.17, 15) is 14.7 Å². The third-order valence-electron chi connectivity index (χ3n) is 6.69. The normalized spacial score (nSPS) is 22.5. The van der Waals surface area contributed by atoms with Crippen molar-refractivity contribution in [2.75, 3.05) is 24.2 Å². The number of carboxylic acid groups (broad SMARTS) is 1. The molecule has 0 saturated carbocycles. The van der Waals surface area contributed by atoms with Crippen LogP contribution in [0.2, 0.25) is 5.02 Å². The van der Waals surface area contributed by atoms with Gasteiger partial charge in [0.1, 0.15) is 5.75 Å². The number of carbonyl (C=O) groups is 2. The molecule has 2 heterocycles. The number of hydrogen-bond acceptors (Lipinski definition) is 4. The monoisotopic (exact) mass is 609 g/mol. The lowest BCUT2D eigenvalue weighted by Gasteiger charge is -2.40. The van der Waals surface area contributed by atoms with Gasteiger partial charge in [-0.05, 0) is 61.6 Å². The highest BCUT2D eigenvalue weighted by Crippen LogP contribution is 2.42. The van der Waals surface area contributed by atoms with E-state index in [0.717, 1.165) is 34.1 Å². The largest absolute Gasteiger partial charge is 0.493 e. The molecule has 0 bridgehead atoms. The van der Waals surface area contributed by atoms with Crippen LogP contribution in [0.15, 0.2) is 59.8 Å². The Bertz CT molecular complexity index is 1080. The second-order valence-electron chi connectivity index (χ2n) is 8.91. The van der Waals surface area contributed by atoms with Crippen LogP contribution in [0.5, 0.6) is 5.75 Å². The Morgan fingerprint density at radius 2 is 1.91 bits per heavy atom. The third-order valence-corrected chi connectivity index (χ3v) is 7.38. The van der Waals surface area contributed by atoms with Gasteiger partial charge in [0.05, 0.1) is 30.7 Å². The van der Waals surface area contributed by atoms with Crippen LogP contribution >= 0.6 is 34.2 Å². The molecule has 6 nitrogen and oxygen atoms in total. The van der Waals surface area contributed by atoms with Gasteiger partial charge in [-0.2, -0.15) is 0 Å². The van der Waals surface area contributed by atoms with Gasteiger partial charge in [-0.25, -0.2) is 4.79 Å². The molecule has 186 valence electrons. The molecular formula is C27H29ClINO5. The summed E-state index contributed by atoms with van der Waals surface area (Å²) < 4.78 is 12.4. The van der Waals surface area contributed by atoms with Crippen LogP contribution in [0.4, 0.5) is 0 Å². The van der Waals surface area contributed by atoms with E-state index >= 15 is 0 Å². The highest BCUT2D eigenvalue weighted by atomic mass is 127. The zero-order valence-electron chi connectivity index (χ0n) is 19.6. The molecule has 2 aliphatic heterocycles. The number of carboxylic acids is 1. The molecule has 1 N–H and O–H groups in total. The minimum Gasteiger partial charge on any atom is -0.493 e. The number of carbonyl (C=O) groups excluding carboxylic acids is 1. The predicted molar refractivity (Wildman–Crippen MR) is 143 cm³/mol. The number of amides is 1. The fraction of sp³-hybridized carbons (Fsp3) is 0.407. The first-order valence-corrected chi connectivity index (χ1v) is 13.7. The van der Waals surface area contributed by atoms with Gasteiger partial charge >= 0.3 is 5.97 Å². The number of alkyl halides is 1. The molecule has 1 amide bonds. The van der Waals surface area contributed by atoms with Gasteiger partial charge in [-0.15, -0.1) is 0 Å². The summed E-state index contributed by atoms with van der Waals surface area (Å²) in [6, 6.07) is 14.8. The number of aliphatic carboxylic acids is 1. The second kappa shape index (κ2) is 11.8. The van der Waals surface area contributed by atoms with E-state index in [2.05, 4.69) is 22.6 Å². The van der Waals surface area contributed by atoms with Gasteiger partial charge in [0, 0.05) is 27.7 Å². The van der Waals surface area contributed by atoms with Crippen LogP contribution < -0.4 is 4.74 Å². The molecule has 2 aromatic rings. The van der Waals surface area contributed by atoms with E-state index in [1.54, 1.807) is 24.0 Å². The molecule has 2 aliphatic rings. The standard InChI is InChI=1S/C27H29ClINO5/c1-17-24(27(32)33)25(19-6-8-20(28)9-7-19)23(26(31)30(17)16-22-3-2-13-34-22)15-18-4-10-21(11-5-18)35-14-12-29/h4-11,22-23,25H,2-3,12-16H2,1H3,(H,32,33)/t22-,23?,25-/m1/s1. The number of hydrogen-bond donors (Lipinski definition) is 1. The zero-order chi connectivity index (χ0) is 24.9. The fourth-order valence-corrected chi connectivity index (χ4v) is 5.34. The number of halogens is 2. The van der Waals surface area contributed by atoms with Crippen molar-refractivity contribution in [2.45, 2.75) is 38.2 Å². The summed E-state index contributed by atoms with van der Waals surface area (Å²) in [7, 11) is 0. The number of allylic oxidation sites excluding steroid dienone is 1. The maximum Gasteiger partial charge on any atom is 0.333 e. The summed E-state index contributed by atoms with van der Waals surface area (Å²) in [5.41, 5.74) is 2.45. The van der Waals surface area contributed by atoms with Gasteiger partial charge in [-0.3, -0.25) is 4.79 Å². The lowest BCUT2D eigenvalue weighted by atomic mass is 9.73. The summed E-state index contributed by atoms with van der Waals surface area (Å²) in [4.78, 5) is 28.2. The van der Waals surface area contributed by atoms with Gasteiger partial charge in [0.2, 0.25) is 5.91 Å². The number of rotatable bonds is 9. The molecule has 0 aromatic heterocycles. The smallest absolute Gasteiger partial charge is 0.333 e. The molecule has 8 heteroatoms. The topological polar surface area (TPSA) is 76.1 Å². The molecular weight excluding hydrogens is 581 g/mol. The summed E-state index contributed by atoms with van der Waals surface area (Å²) in [5.74, 6) is -1.48. The molecule has 0 spiro atoms. The van der Waals surface area contributed by atoms with Gasteiger partial charge in [0.15, 0.2) is 0 Å². The zero-order valence-corrected chi connectivity index (χ0v) is 22.5. The number of ether oxygens (including phenoxy) is 2. The van der Waals surface area contributed by atoms with Crippen molar-refractivity contribution in [3.8, 4) is 5.75 Å². The van der Waals surface area contributed by atoms with Gasteiger partial charge < -0.3 is 19.5 Å². The molecule has 0 aliphatic carbocycles. The van der Waals surface area contributed by atoms with Crippen molar-refractivity contribution in [1.82, 2.24) is 4.90 Å². The maximum atomic E-state index is 13.9. The Morgan fingerprint density at radius 3 is 2.51 bits per heavy atom. The van der Waals surface area contributed by atoms with Crippen LogP contribution in [0.3, 0.4) is 0 Å². The minimum absolute atomic E-state index is 0.0758. The quantitative estimate of drug-likeness (QED) is 0.301. The van der Waals surface area contributed by atoms with Crippen molar-refractivity contribution < 1.29 is 24.2 Å². The highest BCUT2D eigenvalue weighted by Gasteiger charge is 2.44. The van der Waals surface area contributed by atoms with Crippen molar-refractivity contribution >= 4 is 46.1 Å². The fourth-order valence-electron chi connectivity index (χ4n) is 4.99. The van der Waals surface area contributed by atoms with Crippen molar-refractivity contribution in [2.24, 2.45) is 5.92 Å². The minimum atomic E-state index is -1.01. The molecule has 1 unspecified atom stereocenters. The van der Waals surface area contributed by atoms with Crippen molar-refractivity contribution in [1.29, 1.82) is 0 Å². The highest BCUT2D eigenvalue weighted by molar-refractivity contribution is 14.1. The Hall–Kier alpha value is -2.10. The number of nitrogens with zero attached hydrogens (tertiary/aromatic N) is 1. The van der Waals surface area contributed by atoms with Crippen LogP contribution in [0, 0.1) is 5.92 Å². The lowest BCUT2D eigenvalue weighted by Crippen LogP contribution is -2.47. The first kappa shape index (κ1) is 26.0. The first-order valence-electron chi connectivity index (χ1n) is 11.8.